The molecule has 0 radical (unpaired) electrons. The van der Waals surface area contributed by atoms with E-state index in [0.29, 0.717) is 24.5 Å². The van der Waals surface area contributed by atoms with Crippen LogP contribution in [0.3, 0.4) is 0 Å². The van der Waals surface area contributed by atoms with Gasteiger partial charge in [-0.15, -0.1) is 0 Å². The van der Waals surface area contributed by atoms with Crippen LogP contribution in [0.2, 0.25) is 0 Å². The number of anilines is 1. The Hall–Kier alpha value is -3.48. The zero-order valence-electron chi connectivity index (χ0n) is 20.0. The second-order valence-corrected chi connectivity index (χ2v) is 9.74. The molecule has 180 valence electrons. The van der Waals surface area contributed by atoms with E-state index in [4.69, 9.17) is 15.9 Å². The number of fused-ring (bicyclic) bond motifs is 1. The van der Waals surface area contributed by atoms with E-state index in [2.05, 4.69) is 4.57 Å². The Morgan fingerprint density at radius 2 is 1.71 bits per heavy atom. The molecule has 0 saturated carbocycles. The van der Waals surface area contributed by atoms with Gasteiger partial charge >= 0.3 is 0 Å². The standard InChI is InChI=1S/C29H30FN3O2/c1-29(2,34)21-5-3-18(4-6-21)27-24-16-25(32)20(17-31)15-26(24)33(23-9-7-22(30)8-10-23)28(27)19-11-13-35-14-12-19/h3-10,15-17,19,31,34H,11-14,32H2,1-2H3. The highest BCUT2D eigenvalue weighted by molar-refractivity contribution is 6.04. The van der Waals surface area contributed by atoms with E-state index >= 15 is 0 Å². The summed E-state index contributed by atoms with van der Waals surface area (Å²) >= 11 is 0. The highest BCUT2D eigenvalue weighted by Gasteiger charge is 2.28. The van der Waals surface area contributed by atoms with Crippen LogP contribution in [0.25, 0.3) is 27.7 Å². The number of halogens is 1. The number of hydrogen-bond donors (Lipinski definition) is 3. The summed E-state index contributed by atoms with van der Waals surface area (Å²) in [5, 5.41) is 19.3. The van der Waals surface area contributed by atoms with E-state index in [1.54, 1.807) is 26.0 Å². The van der Waals surface area contributed by atoms with Crippen LogP contribution in [0.1, 0.15) is 49.4 Å². The van der Waals surface area contributed by atoms with Crippen molar-refractivity contribution >= 4 is 22.8 Å². The molecule has 2 heterocycles. The average Bonchev–Trinajstić information content (AvgIpc) is 3.18. The molecular formula is C29H30FN3O2. The predicted octanol–water partition coefficient (Wildman–Crippen LogP) is 6.14. The first-order valence-corrected chi connectivity index (χ1v) is 11.9. The second kappa shape index (κ2) is 8.95. The third-order valence-electron chi connectivity index (χ3n) is 6.94. The molecule has 1 saturated heterocycles. The first-order valence-electron chi connectivity index (χ1n) is 11.9. The van der Waals surface area contributed by atoms with Crippen molar-refractivity contribution in [2.75, 3.05) is 18.9 Å². The number of aliphatic hydroxyl groups is 1. The Morgan fingerprint density at radius 3 is 2.31 bits per heavy atom. The normalized spacial score (nSPS) is 15.0. The summed E-state index contributed by atoms with van der Waals surface area (Å²) in [6, 6.07) is 18.4. The monoisotopic (exact) mass is 471 g/mol. The topological polar surface area (TPSA) is 84.3 Å². The number of aromatic nitrogens is 1. The minimum absolute atomic E-state index is 0.231. The number of nitrogens with two attached hydrogens (primary N) is 1. The van der Waals surface area contributed by atoms with Gasteiger partial charge in [0.2, 0.25) is 0 Å². The molecule has 4 aromatic rings. The highest BCUT2D eigenvalue weighted by Crippen LogP contribution is 2.44. The number of nitrogens with one attached hydrogen (secondary N) is 1. The lowest BCUT2D eigenvalue weighted by Gasteiger charge is -2.26. The quantitative estimate of drug-likeness (QED) is 0.242. The van der Waals surface area contributed by atoms with E-state index in [1.807, 2.05) is 36.4 Å². The van der Waals surface area contributed by atoms with Crippen molar-refractivity contribution in [2.45, 2.75) is 38.2 Å². The molecule has 0 aliphatic carbocycles. The van der Waals surface area contributed by atoms with Gasteiger partial charge in [-0.2, -0.15) is 0 Å². The summed E-state index contributed by atoms with van der Waals surface area (Å²) < 4.78 is 21.7. The summed E-state index contributed by atoms with van der Waals surface area (Å²) in [5.41, 5.74) is 12.4. The molecule has 0 amide bonds. The molecule has 0 atom stereocenters. The first kappa shape index (κ1) is 23.3. The summed E-state index contributed by atoms with van der Waals surface area (Å²) in [6.45, 7) is 4.91. The minimum atomic E-state index is -0.937. The summed E-state index contributed by atoms with van der Waals surface area (Å²) in [4.78, 5) is 0. The van der Waals surface area contributed by atoms with Crippen LogP contribution in [-0.2, 0) is 10.3 Å². The molecule has 6 heteroatoms. The van der Waals surface area contributed by atoms with Crippen molar-refractivity contribution in [3.63, 3.8) is 0 Å². The highest BCUT2D eigenvalue weighted by atomic mass is 19.1. The molecule has 0 bridgehead atoms. The number of rotatable bonds is 5. The zero-order valence-corrected chi connectivity index (χ0v) is 20.0. The fourth-order valence-electron chi connectivity index (χ4n) is 5.09. The molecule has 35 heavy (non-hydrogen) atoms. The van der Waals surface area contributed by atoms with Crippen LogP contribution in [0, 0.1) is 11.2 Å². The van der Waals surface area contributed by atoms with Crippen molar-refractivity contribution in [1.82, 2.24) is 4.57 Å². The molecule has 0 unspecified atom stereocenters. The molecule has 3 aromatic carbocycles. The molecule has 1 fully saturated rings. The Morgan fingerprint density at radius 1 is 1.06 bits per heavy atom. The third-order valence-corrected chi connectivity index (χ3v) is 6.94. The van der Waals surface area contributed by atoms with Crippen LogP contribution in [0.4, 0.5) is 10.1 Å². The fraction of sp³-hybridized carbons (Fsp3) is 0.276. The molecule has 1 aliphatic rings. The molecule has 5 rings (SSSR count). The van der Waals surface area contributed by atoms with E-state index in [0.717, 1.165) is 51.8 Å². The van der Waals surface area contributed by atoms with Crippen molar-refractivity contribution in [1.29, 1.82) is 5.41 Å². The number of nitrogens with zero attached hydrogens (tertiary/aromatic N) is 1. The Kier molecular flexibility index (Phi) is 5.95. The van der Waals surface area contributed by atoms with E-state index in [9.17, 15) is 9.50 Å². The minimum Gasteiger partial charge on any atom is -0.398 e. The van der Waals surface area contributed by atoms with Gasteiger partial charge in [0.1, 0.15) is 5.82 Å². The number of nitrogen functional groups attached to an aromatic ring is 1. The van der Waals surface area contributed by atoms with Crippen LogP contribution >= 0.6 is 0 Å². The van der Waals surface area contributed by atoms with E-state index in [1.165, 1.54) is 18.3 Å². The number of ether oxygens (including phenoxy) is 1. The predicted molar refractivity (Wildman–Crippen MR) is 139 cm³/mol. The number of benzene rings is 3. The SMILES string of the molecule is CC(C)(O)c1ccc(-c2c(C3CCOCC3)n(-c3ccc(F)cc3)c3cc(C=N)c(N)cc23)cc1. The summed E-state index contributed by atoms with van der Waals surface area (Å²) in [7, 11) is 0. The largest absolute Gasteiger partial charge is 0.398 e. The molecule has 4 N–H and O–H groups in total. The van der Waals surface area contributed by atoms with Gasteiger partial charge in [0.05, 0.1) is 11.1 Å². The van der Waals surface area contributed by atoms with Gasteiger partial charge < -0.3 is 25.6 Å². The molecule has 1 aliphatic heterocycles. The maximum Gasteiger partial charge on any atom is 0.123 e. The van der Waals surface area contributed by atoms with Gasteiger partial charge in [0, 0.05) is 58.9 Å². The fourth-order valence-corrected chi connectivity index (χ4v) is 5.09. The average molecular weight is 472 g/mol. The van der Waals surface area contributed by atoms with Crippen molar-refractivity contribution < 1.29 is 14.2 Å². The van der Waals surface area contributed by atoms with Crippen LogP contribution in [0.5, 0.6) is 0 Å². The lowest BCUT2D eigenvalue weighted by Crippen LogP contribution is -2.17. The van der Waals surface area contributed by atoms with Crippen molar-refractivity contribution in [2.24, 2.45) is 0 Å². The van der Waals surface area contributed by atoms with Gasteiger partial charge in [-0.05, 0) is 74.2 Å². The molecular weight excluding hydrogens is 441 g/mol. The van der Waals surface area contributed by atoms with E-state index in [-0.39, 0.29) is 11.7 Å². The lowest BCUT2D eigenvalue weighted by atomic mass is 9.88. The Balaban J connectivity index is 1.86. The smallest absolute Gasteiger partial charge is 0.123 e. The number of hydrogen-bond acceptors (Lipinski definition) is 4. The maximum absolute atomic E-state index is 13.9. The van der Waals surface area contributed by atoms with Crippen LogP contribution < -0.4 is 5.73 Å². The van der Waals surface area contributed by atoms with Gasteiger partial charge in [0.25, 0.3) is 0 Å². The van der Waals surface area contributed by atoms with Crippen molar-refractivity contribution in [3.05, 3.63) is 83.3 Å². The third kappa shape index (κ3) is 4.24. The zero-order chi connectivity index (χ0) is 24.7. The lowest BCUT2D eigenvalue weighted by molar-refractivity contribution is 0.0786. The van der Waals surface area contributed by atoms with Crippen LogP contribution in [-0.4, -0.2) is 29.1 Å². The van der Waals surface area contributed by atoms with Gasteiger partial charge in [-0.3, -0.25) is 0 Å². The first-order chi connectivity index (χ1) is 16.8. The molecule has 0 spiro atoms. The molecule has 5 nitrogen and oxygen atoms in total. The van der Waals surface area contributed by atoms with Gasteiger partial charge in [-0.1, -0.05) is 24.3 Å². The molecule has 1 aromatic heterocycles. The maximum atomic E-state index is 13.9. The summed E-state index contributed by atoms with van der Waals surface area (Å²) in [6.07, 6.45) is 3.01. The van der Waals surface area contributed by atoms with Gasteiger partial charge in [0.15, 0.2) is 0 Å². The van der Waals surface area contributed by atoms with Gasteiger partial charge in [-0.25, -0.2) is 4.39 Å². The Bertz CT molecular complexity index is 1380. The van der Waals surface area contributed by atoms with Crippen molar-refractivity contribution in [3.8, 4) is 16.8 Å². The summed E-state index contributed by atoms with van der Waals surface area (Å²) in [5.74, 6) is -0.0560. The van der Waals surface area contributed by atoms with E-state index < -0.39 is 5.60 Å². The second-order valence-electron chi connectivity index (χ2n) is 9.74. The van der Waals surface area contributed by atoms with Crippen LogP contribution in [0.15, 0.2) is 60.7 Å². The Labute approximate surface area is 204 Å².